The van der Waals surface area contributed by atoms with Crippen LogP contribution in [0.15, 0.2) is 54.6 Å². The van der Waals surface area contributed by atoms with E-state index >= 15 is 0 Å². The second-order valence-corrected chi connectivity index (χ2v) is 6.48. The molecule has 128 valence electrons. The van der Waals surface area contributed by atoms with Crippen LogP contribution in [-0.4, -0.2) is 11.5 Å². The molecule has 0 bridgehead atoms. The van der Waals surface area contributed by atoms with E-state index in [0.29, 0.717) is 18.4 Å². The Morgan fingerprint density at radius 1 is 1.24 bits per heavy atom. The van der Waals surface area contributed by atoms with Gasteiger partial charge in [0.2, 0.25) is 0 Å². The molecule has 5 nitrogen and oxygen atoms in total. The van der Waals surface area contributed by atoms with Crippen molar-refractivity contribution in [3.8, 4) is 5.75 Å². The van der Waals surface area contributed by atoms with Crippen LogP contribution >= 0.6 is 0 Å². The molecule has 3 atom stereocenters. The molecule has 0 saturated carbocycles. The Morgan fingerprint density at radius 2 is 2.04 bits per heavy atom. The number of non-ortho nitro benzene ring substituents is 1. The normalized spacial score (nSPS) is 23.5. The smallest absolute Gasteiger partial charge is 0.269 e. The molecule has 25 heavy (non-hydrogen) atoms. The monoisotopic (exact) mass is 336 g/mol. The quantitative estimate of drug-likeness (QED) is 0.494. The van der Waals surface area contributed by atoms with Gasteiger partial charge in [0.25, 0.3) is 5.69 Å². The van der Waals surface area contributed by atoms with Crippen molar-refractivity contribution in [2.75, 3.05) is 11.9 Å². The topological polar surface area (TPSA) is 64.4 Å². The van der Waals surface area contributed by atoms with Crippen molar-refractivity contribution in [2.45, 2.75) is 25.3 Å². The van der Waals surface area contributed by atoms with Gasteiger partial charge < -0.3 is 10.1 Å². The van der Waals surface area contributed by atoms with Crippen LogP contribution in [0.4, 0.5) is 11.4 Å². The van der Waals surface area contributed by atoms with Crippen LogP contribution in [-0.2, 0) is 0 Å². The number of hydrogen-bond donors (Lipinski definition) is 1. The lowest BCUT2D eigenvalue weighted by molar-refractivity contribution is -0.384. The summed E-state index contributed by atoms with van der Waals surface area (Å²) in [5.74, 6) is 1.62. The van der Waals surface area contributed by atoms with E-state index in [0.717, 1.165) is 23.4 Å². The summed E-state index contributed by atoms with van der Waals surface area (Å²) in [5, 5.41) is 14.6. The summed E-state index contributed by atoms with van der Waals surface area (Å²) >= 11 is 0. The molecule has 2 aromatic carbocycles. The second-order valence-electron chi connectivity index (χ2n) is 6.48. The van der Waals surface area contributed by atoms with E-state index in [1.807, 2.05) is 31.2 Å². The molecule has 0 saturated heterocycles. The lowest BCUT2D eigenvalue weighted by atomic mass is 9.77. The van der Waals surface area contributed by atoms with Crippen molar-refractivity contribution < 1.29 is 9.66 Å². The van der Waals surface area contributed by atoms with Gasteiger partial charge in [-0.05, 0) is 36.5 Å². The Bertz CT molecular complexity index is 829. The van der Waals surface area contributed by atoms with E-state index in [4.69, 9.17) is 4.74 Å². The molecular weight excluding hydrogens is 316 g/mol. The zero-order valence-corrected chi connectivity index (χ0v) is 14.0. The van der Waals surface area contributed by atoms with Gasteiger partial charge in [0.15, 0.2) is 0 Å². The summed E-state index contributed by atoms with van der Waals surface area (Å²) < 4.78 is 5.81. The molecule has 2 aromatic rings. The zero-order chi connectivity index (χ0) is 17.4. The summed E-state index contributed by atoms with van der Waals surface area (Å²) in [6.45, 7) is 2.60. The number of ether oxygens (including phenoxy) is 1. The average molecular weight is 336 g/mol. The molecule has 1 N–H and O–H groups in total. The van der Waals surface area contributed by atoms with Crippen molar-refractivity contribution in [1.82, 2.24) is 0 Å². The molecule has 0 amide bonds. The molecule has 0 radical (unpaired) electrons. The first-order valence-electron chi connectivity index (χ1n) is 8.62. The summed E-state index contributed by atoms with van der Waals surface area (Å²) in [5.41, 5.74) is 3.50. The molecular formula is C20H20N2O3. The van der Waals surface area contributed by atoms with E-state index in [1.165, 1.54) is 5.56 Å². The van der Waals surface area contributed by atoms with Crippen molar-refractivity contribution in [3.05, 3.63) is 75.9 Å². The third-order valence-electron chi connectivity index (χ3n) is 5.12. The largest absolute Gasteiger partial charge is 0.492 e. The highest BCUT2D eigenvalue weighted by Crippen LogP contribution is 2.52. The van der Waals surface area contributed by atoms with Crippen molar-refractivity contribution >= 4 is 11.4 Å². The fourth-order valence-electron chi connectivity index (χ4n) is 4.00. The minimum Gasteiger partial charge on any atom is -0.492 e. The van der Waals surface area contributed by atoms with Gasteiger partial charge in [0, 0.05) is 18.1 Å². The van der Waals surface area contributed by atoms with Gasteiger partial charge in [0.05, 0.1) is 23.3 Å². The van der Waals surface area contributed by atoms with Crippen LogP contribution in [0.2, 0.25) is 0 Å². The standard InChI is InChI=1S/C20H20N2O3/c1-2-25-18-8-4-7-17-15-5-3-6-16(15)19(21-20(17)18)13-9-11-14(12-10-13)22(23)24/h3-5,7-12,15-16,19,21H,2,6H2,1H3/t15-,16-,19-/m0/s1. The first-order chi connectivity index (χ1) is 12.2. The molecule has 5 heteroatoms. The third kappa shape index (κ3) is 2.65. The maximum Gasteiger partial charge on any atom is 0.269 e. The maximum atomic E-state index is 10.9. The number of nitrogens with zero attached hydrogens (tertiary/aromatic N) is 1. The third-order valence-corrected chi connectivity index (χ3v) is 5.12. The number of para-hydroxylation sites is 1. The molecule has 1 aliphatic heterocycles. The van der Waals surface area contributed by atoms with E-state index in [9.17, 15) is 10.1 Å². The SMILES string of the molecule is CCOc1cccc2c1N[C@@H](c1ccc([N+](=O)[O-])cc1)[C@H]1CC=C[C@H]21. The predicted octanol–water partition coefficient (Wildman–Crippen LogP) is 4.82. The molecule has 1 heterocycles. The van der Waals surface area contributed by atoms with E-state index in [-0.39, 0.29) is 16.7 Å². The molecule has 0 aromatic heterocycles. The van der Waals surface area contributed by atoms with Crippen molar-refractivity contribution in [1.29, 1.82) is 0 Å². The number of nitro groups is 1. The Kier molecular flexibility index (Phi) is 3.92. The Morgan fingerprint density at radius 3 is 2.76 bits per heavy atom. The van der Waals surface area contributed by atoms with Gasteiger partial charge in [-0.3, -0.25) is 10.1 Å². The lowest BCUT2D eigenvalue weighted by Gasteiger charge is -2.38. The number of nitro benzene ring substituents is 1. The van der Waals surface area contributed by atoms with Gasteiger partial charge in [-0.2, -0.15) is 0 Å². The number of fused-ring (bicyclic) bond motifs is 3. The number of benzene rings is 2. The van der Waals surface area contributed by atoms with Crippen molar-refractivity contribution in [3.63, 3.8) is 0 Å². The highest BCUT2D eigenvalue weighted by atomic mass is 16.6. The van der Waals surface area contributed by atoms with E-state index < -0.39 is 0 Å². The summed E-state index contributed by atoms with van der Waals surface area (Å²) in [4.78, 5) is 10.6. The molecule has 0 unspecified atom stereocenters. The van der Waals surface area contributed by atoms with Crippen LogP contribution in [0.5, 0.6) is 5.75 Å². The number of hydrogen-bond acceptors (Lipinski definition) is 4. The minimum atomic E-state index is -0.361. The van der Waals surface area contributed by atoms with Crippen LogP contribution < -0.4 is 10.1 Å². The lowest BCUT2D eigenvalue weighted by Crippen LogP contribution is -2.29. The molecule has 1 aliphatic carbocycles. The first-order valence-corrected chi connectivity index (χ1v) is 8.62. The highest BCUT2D eigenvalue weighted by Gasteiger charge is 2.39. The fraction of sp³-hybridized carbons (Fsp3) is 0.300. The Hall–Kier alpha value is -2.82. The zero-order valence-electron chi connectivity index (χ0n) is 14.0. The van der Waals surface area contributed by atoms with Gasteiger partial charge in [0.1, 0.15) is 5.75 Å². The van der Waals surface area contributed by atoms with Crippen LogP contribution in [0.1, 0.15) is 36.4 Å². The van der Waals surface area contributed by atoms with Crippen LogP contribution in [0.25, 0.3) is 0 Å². The van der Waals surface area contributed by atoms with E-state index in [2.05, 4.69) is 23.5 Å². The average Bonchev–Trinajstić information content (AvgIpc) is 3.12. The van der Waals surface area contributed by atoms with Crippen molar-refractivity contribution in [2.24, 2.45) is 5.92 Å². The number of nitrogens with one attached hydrogen (secondary N) is 1. The molecule has 0 fully saturated rings. The molecule has 4 rings (SSSR count). The fourth-order valence-corrected chi connectivity index (χ4v) is 4.00. The number of allylic oxidation sites excluding steroid dienone is 2. The van der Waals surface area contributed by atoms with Gasteiger partial charge in [-0.1, -0.05) is 36.4 Å². The summed E-state index contributed by atoms with van der Waals surface area (Å²) in [6.07, 6.45) is 5.51. The highest BCUT2D eigenvalue weighted by molar-refractivity contribution is 5.67. The first kappa shape index (κ1) is 15.7. The van der Waals surface area contributed by atoms with E-state index in [1.54, 1.807) is 12.1 Å². The van der Waals surface area contributed by atoms with Gasteiger partial charge >= 0.3 is 0 Å². The van der Waals surface area contributed by atoms with Crippen LogP contribution in [0.3, 0.4) is 0 Å². The Balaban J connectivity index is 1.74. The predicted molar refractivity (Wildman–Crippen MR) is 97.1 cm³/mol. The molecule has 2 aliphatic rings. The second kappa shape index (κ2) is 6.24. The van der Waals surface area contributed by atoms with Crippen LogP contribution in [0, 0.1) is 16.0 Å². The number of rotatable bonds is 4. The Labute approximate surface area is 146 Å². The summed E-state index contributed by atoms with van der Waals surface area (Å²) in [6, 6.07) is 13.2. The number of anilines is 1. The minimum absolute atomic E-state index is 0.106. The summed E-state index contributed by atoms with van der Waals surface area (Å²) in [7, 11) is 0. The molecule has 0 spiro atoms. The maximum absolute atomic E-state index is 10.9. The van der Waals surface area contributed by atoms with Gasteiger partial charge in [-0.25, -0.2) is 0 Å². The van der Waals surface area contributed by atoms with Gasteiger partial charge in [-0.15, -0.1) is 0 Å².